The van der Waals surface area contributed by atoms with Crippen molar-refractivity contribution in [3.05, 3.63) is 59.7 Å². The highest BCUT2D eigenvalue weighted by atomic mass is 16.2. The van der Waals surface area contributed by atoms with Crippen LogP contribution in [0.5, 0.6) is 0 Å². The van der Waals surface area contributed by atoms with E-state index in [-0.39, 0.29) is 11.9 Å². The van der Waals surface area contributed by atoms with Crippen LogP contribution in [0.15, 0.2) is 48.5 Å². The van der Waals surface area contributed by atoms with E-state index in [1.165, 1.54) is 5.56 Å². The number of nitrogens with two attached hydrogens (primary N) is 1. The number of carbonyl (C=O) groups is 1. The molecule has 0 aliphatic carbocycles. The van der Waals surface area contributed by atoms with Gasteiger partial charge in [0.15, 0.2) is 0 Å². The fourth-order valence-corrected chi connectivity index (χ4v) is 2.64. The Hall–Kier alpha value is -2.29. The van der Waals surface area contributed by atoms with Crippen LogP contribution in [-0.4, -0.2) is 11.9 Å². The minimum Gasteiger partial charge on any atom is -0.399 e. The largest absolute Gasteiger partial charge is 0.399 e. The van der Waals surface area contributed by atoms with Crippen molar-refractivity contribution in [2.45, 2.75) is 19.4 Å². The Bertz CT molecular complexity index is 619. The molecule has 0 saturated heterocycles. The molecule has 0 radical (unpaired) electrons. The molecule has 3 rings (SSSR count). The predicted molar refractivity (Wildman–Crippen MR) is 77.3 cm³/mol. The Kier molecular flexibility index (Phi) is 2.75. The maximum absolute atomic E-state index is 12.6. The quantitative estimate of drug-likeness (QED) is 0.793. The summed E-state index contributed by atoms with van der Waals surface area (Å²) in [5.41, 5.74) is 9.27. The second-order valence-electron chi connectivity index (χ2n) is 4.98. The monoisotopic (exact) mass is 252 g/mol. The van der Waals surface area contributed by atoms with E-state index in [1.54, 1.807) is 24.3 Å². The van der Waals surface area contributed by atoms with E-state index in [0.29, 0.717) is 11.3 Å². The molecular formula is C16H16N2O. The number of benzene rings is 2. The molecule has 3 nitrogen and oxygen atoms in total. The molecule has 3 heteroatoms. The van der Waals surface area contributed by atoms with Crippen LogP contribution in [0.25, 0.3) is 0 Å². The average Bonchev–Trinajstić information content (AvgIpc) is 2.74. The molecular weight excluding hydrogens is 236 g/mol. The SMILES string of the molecule is C[C@H]1Cc2ccccc2N1C(=O)c1ccc(N)cc1. The van der Waals surface area contributed by atoms with E-state index in [0.717, 1.165) is 12.1 Å². The van der Waals surface area contributed by atoms with Crippen molar-refractivity contribution in [2.75, 3.05) is 10.6 Å². The van der Waals surface area contributed by atoms with Gasteiger partial charge in [-0.05, 0) is 49.2 Å². The van der Waals surface area contributed by atoms with Gasteiger partial charge < -0.3 is 10.6 Å². The van der Waals surface area contributed by atoms with Crippen LogP contribution >= 0.6 is 0 Å². The van der Waals surface area contributed by atoms with Crippen molar-refractivity contribution in [3.63, 3.8) is 0 Å². The topological polar surface area (TPSA) is 46.3 Å². The van der Waals surface area contributed by atoms with Crippen LogP contribution in [0.2, 0.25) is 0 Å². The van der Waals surface area contributed by atoms with Gasteiger partial charge in [-0.15, -0.1) is 0 Å². The fraction of sp³-hybridized carbons (Fsp3) is 0.188. The van der Waals surface area contributed by atoms with Gasteiger partial charge in [0.25, 0.3) is 5.91 Å². The first-order chi connectivity index (χ1) is 9.16. The number of hydrogen-bond donors (Lipinski definition) is 1. The van der Waals surface area contributed by atoms with Gasteiger partial charge in [-0.25, -0.2) is 0 Å². The van der Waals surface area contributed by atoms with Gasteiger partial charge >= 0.3 is 0 Å². The summed E-state index contributed by atoms with van der Waals surface area (Å²) in [7, 11) is 0. The molecule has 2 N–H and O–H groups in total. The van der Waals surface area contributed by atoms with Crippen LogP contribution < -0.4 is 10.6 Å². The second kappa shape index (κ2) is 4.43. The maximum Gasteiger partial charge on any atom is 0.258 e. The molecule has 0 unspecified atom stereocenters. The second-order valence-corrected chi connectivity index (χ2v) is 4.98. The third kappa shape index (κ3) is 1.97. The number of fused-ring (bicyclic) bond motifs is 1. The summed E-state index contributed by atoms with van der Waals surface area (Å²) in [4.78, 5) is 14.5. The summed E-state index contributed by atoms with van der Waals surface area (Å²) in [5, 5.41) is 0. The number of nitrogens with zero attached hydrogens (tertiary/aromatic N) is 1. The molecule has 1 heterocycles. The van der Waals surface area contributed by atoms with Gasteiger partial charge in [0, 0.05) is 23.0 Å². The minimum atomic E-state index is 0.0393. The lowest BCUT2D eigenvalue weighted by Crippen LogP contribution is -2.35. The van der Waals surface area contributed by atoms with Crippen molar-refractivity contribution in [2.24, 2.45) is 0 Å². The van der Waals surface area contributed by atoms with Gasteiger partial charge in [0.1, 0.15) is 0 Å². The molecule has 0 saturated carbocycles. The molecule has 96 valence electrons. The Morgan fingerprint density at radius 2 is 1.84 bits per heavy atom. The third-order valence-electron chi connectivity index (χ3n) is 3.58. The first-order valence-corrected chi connectivity index (χ1v) is 6.44. The van der Waals surface area contributed by atoms with Crippen molar-refractivity contribution in [3.8, 4) is 0 Å². The lowest BCUT2D eigenvalue weighted by molar-refractivity contribution is 0.0981. The summed E-state index contributed by atoms with van der Waals surface area (Å²) in [6, 6.07) is 15.4. The summed E-state index contributed by atoms with van der Waals surface area (Å²) < 4.78 is 0. The fourth-order valence-electron chi connectivity index (χ4n) is 2.64. The van der Waals surface area contributed by atoms with Gasteiger partial charge in [-0.1, -0.05) is 18.2 Å². The van der Waals surface area contributed by atoms with Gasteiger partial charge in [0.2, 0.25) is 0 Å². The first kappa shape index (κ1) is 11.8. The Morgan fingerprint density at radius 1 is 1.16 bits per heavy atom. The van der Waals surface area contributed by atoms with E-state index in [9.17, 15) is 4.79 Å². The average molecular weight is 252 g/mol. The van der Waals surface area contributed by atoms with Gasteiger partial charge in [0.05, 0.1) is 0 Å². The summed E-state index contributed by atoms with van der Waals surface area (Å²) in [6.07, 6.45) is 0.914. The van der Waals surface area contributed by atoms with Crippen LogP contribution in [0.1, 0.15) is 22.8 Å². The zero-order valence-corrected chi connectivity index (χ0v) is 10.8. The summed E-state index contributed by atoms with van der Waals surface area (Å²) in [6.45, 7) is 2.08. The normalized spacial score (nSPS) is 17.3. The highest BCUT2D eigenvalue weighted by molar-refractivity contribution is 6.07. The number of para-hydroxylation sites is 1. The lowest BCUT2D eigenvalue weighted by atomic mass is 10.1. The first-order valence-electron chi connectivity index (χ1n) is 6.44. The number of rotatable bonds is 1. The highest BCUT2D eigenvalue weighted by Gasteiger charge is 2.30. The molecule has 0 fully saturated rings. The van der Waals surface area contributed by atoms with Crippen molar-refractivity contribution >= 4 is 17.3 Å². The number of carbonyl (C=O) groups excluding carboxylic acids is 1. The summed E-state index contributed by atoms with van der Waals surface area (Å²) in [5.74, 6) is 0.0393. The van der Waals surface area contributed by atoms with E-state index in [1.807, 2.05) is 23.1 Å². The van der Waals surface area contributed by atoms with Crippen molar-refractivity contribution in [1.82, 2.24) is 0 Å². The molecule has 1 atom stereocenters. The van der Waals surface area contributed by atoms with E-state index in [4.69, 9.17) is 5.73 Å². The Labute approximate surface area is 112 Å². The molecule has 2 aromatic carbocycles. The van der Waals surface area contributed by atoms with Crippen molar-refractivity contribution < 1.29 is 4.79 Å². The predicted octanol–water partition coefficient (Wildman–Crippen LogP) is 2.86. The zero-order valence-electron chi connectivity index (χ0n) is 10.8. The van der Waals surface area contributed by atoms with E-state index < -0.39 is 0 Å². The van der Waals surface area contributed by atoms with Gasteiger partial charge in [-0.3, -0.25) is 4.79 Å². The van der Waals surface area contributed by atoms with Crippen LogP contribution in [0.4, 0.5) is 11.4 Å². The van der Waals surface area contributed by atoms with Crippen molar-refractivity contribution in [1.29, 1.82) is 0 Å². The van der Waals surface area contributed by atoms with Gasteiger partial charge in [-0.2, -0.15) is 0 Å². The maximum atomic E-state index is 12.6. The minimum absolute atomic E-state index is 0.0393. The number of anilines is 2. The molecule has 1 aliphatic rings. The van der Waals surface area contributed by atoms with Crippen LogP contribution in [0, 0.1) is 0 Å². The molecule has 1 aliphatic heterocycles. The molecule has 1 amide bonds. The standard InChI is InChI=1S/C16H16N2O/c1-11-10-13-4-2-3-5-15(13)18(11)16(19)12-6-8-14(17)9-7-12/h2-9,11H,10,17H2,1H3/t11-/m0/s1. The van der Waals surface area contributed by atoms with Crippen LogP contribution in [-0.2, 0) is 6.42 Å². The highest BCUT2D eigenvalue weighted by Crippen LogP contribution is 2.33. The molecule has 0 aromatic heterocycles. The van der Waals surface area contributed by atoms with E-state index >= 15 is 0 Å². The number of hydrogen-bond acceptors (Lipinski definition) is 2. The molecule has 0 bridgehead atoms. The molecule has 2 aromatic rings. The smallest absolute Gasteiger partial charge is 0.258 e. The van der Waals surface area contributed by atoms with E-state index in [2.05, 4.69) is 13.0 Å². The Morgan fingerprint density at radius 3 is 2.58 bits per heavy atom. The molecule has 19 heavy (non-hydrogen) atoms. The summed E-state index contributed by atoms with van der Waals surface area (Å²) >= 11 is 0. The number of nitrogen functional groups attached to an aromatic ring is 1. The van der Waals surface area contributed by atoms with Crippen LogP contribution in [0.3, 0.4) is 0 Å². The third-order valence-corrected chi connectivity index (χ3v) is 3.58. The Balaban J connectivity index is 1.98. The lowest BCUT2D eigenvalue weighted by Gasteiger charge is -2.22. The number of amides is 1. The zero-order chi connectivity index (χ0) is 13.4. The molecule has 0 spiro atoms.